The first-order valence-electron chi connectivity index (χ1n) is 14.1. The monoisotopic (exact) mass is 563 g/mol. The molecule has 0 radical (unpaired) electrons. The third-order valence-corrected chi connectivity index (χ3v) is 8.06. The Kier molecular flexibility index (Phi) is 7.86. The molecule has 0 spiro atoms. The standard InChI is InChI=1S/C32H33N7O3/c1-37(24-14-17-41-20-24)15-5-8-28(40)38-16-13-23(19-38)39-27(18-33)29(30-31(34)35-21-36-32(30)39)22-9-11-26(12-10-22)42-25-6-3-2-4-7-25/h2-12,21,23-24H,13-17,19-20H2,1H3,(H2,34,35,36)/t23-,24+/m1/s1. The third kappa shape index (κ3) is 5.44. The van der Waals surface area contributed by atoms with Gasteiger partial charge in [0.2, 0.25) is 5.91 Å². The van der Waals surface area contributed by atoms with Crippen LogP contribution in [0.1, 0.15) is 24.6 Å². The molecule has 4 aromatic rings. The average Bonchev–Trinajstić information content (AvgIpc) is 3.78. The Morgan fingerprint density at radius 2 is 1.95 bits per heavy atom. The molecule has 2 aliphatic heterocycles. The lowest BCUT2D eigenvalue weighted by molar-refractivity contribution is -0.125. The molecule has 0 bridgehead atoms. The molecule has 2 N–H and O–H groups in total. The van der Waals surface area contributed by atoms with Gasteiger partial charge in [0.05, 0.1) is 18.0 Å². The van der Waals surface area contributed by atoms with E-state index >= 15 is 0 Å². The van der Waals surface area contributed by atoms with E-state index in [1.54, 1.807) is 6.08 Å². The highest BCUT2D eigenvalue weighted by Gasteiger charge is 2.32. The quantitative estimate of drug-likeness (QED) is 0.313. The van der Waals surface area contributed by atoms with Gasteiger partial charge in [-0.3, -0.25) is 9.69 Å². The number of nitrogen functional groups attached to an aromatic ring is 1. The first kappa shape index (κ1) is 27.4. The lowest BCUT2D eigenvalue weighted by Crippen LogP contribution is -2.32. The Balaban J connectivity index is 1.24. The van der Waals surface area contributed by atoms with Crippen molar-refractivity contribution in [3.63, 3.8) is 0 Å². The maximum absolute atomic E-state index is 13.1. The highest BCUT2D eigenvalue weighted by Crippen LogP contribution is 2.40. The Labute approximate surface area is 244 Å². The number of fused-ring (bicyclic) bond motifs is 1. The van der Waals surface area contributed by atoms with Crippen LogP contribution in [0, 0.1) is 11.3 Å². The molecule has 10 nitrogen and oxygen atoms in total. The number of carbonyl (C=O) groups excluding carboxylic acids is 1. The van der Waals surface area contributed by atoms with Gasteiger partial charge in [-0.1, -0.05) is 36.4 Å². The van der Waals surface area contributed by atoms with Crippen LogP contribution < -0.4 is 10.5 Å². The second-order valence-electron chi connectivity index (χ2n) is 10.7. The molecule has 0 aliphatic carbocycles. The van der Waals surface area contributed by atoms with E-state index in [0.29, 0.717) is 66.0 Å². The number of hydrogen-bond donors (Lipinski definition) is 1. The Morgan fingerprint density at radius 1 is 1.17 bits per heavy atom. The molecular weight excluding hydrogens is 530 g/mol. The summed E-state index contributed by atoms with van der Waals surface area (Å²) < 4.78 is 13.4. The zero-order valence-corrected chi connectivity index (χ0v) is 23.5. The summed E-state index contributed by atoms with van der Waals surface area (Å²) in [5, 5.41) is 11.0. The Morgan fingerprint density at radius 3 is 2.69 bits per heavy atom. The summed E-state index contributed by atoms with van der Waals surface area (Å²) in [5.41, 5.74) is 8.91. The van der Waals surface area contributed by atoms with Crippen LogP contribution in [0.15, 0.2) is 73.1 Å². The summed E-state index contributed by atoms with van der Waals surface area (Å²) in [6.45, 7) is 3.28. The van der Waals surface area contributed by atoms with Crippen LogP contribution in [-0.2, 0) is 9.53 Å². The molecule has 2 saturated heterocycles. The minimum atomic E-state index is -0.124. The van der Waals surface area contributed by atoms with Crippen LogP contribution in [0.2, 0.25) is 0 Å². The van der Waals surface area contributed by atoms with Gasteiger partial charge < -0.3 is 24.7 Å². The van der Waals surface area contributed by atoms with Crippen molar-refractivity contribution < 1.29 is 14.3 Å². The zero-order valence-electron chi connectivity index (χ0n) is 23.5. The van der Waals surface area contributed by atoms with Crippen LogP contribution >= 0.6 is 0 Å². The predicted molar refractivity (Wildman–Crippen MR) is 160 cm³/mol. The average molecular weight is 564 g/mol. The van der Waals surface area contributed by atoms with E-state index in [4.69, 9.17) is 15.2 Å². The van der Waals surface area contributed by atoms with E-state index in [1.807, 2.05) is 70.1 Å². The maximum atomic E-state index is 13.1. The normalized spacial score (nSPS) is 18.7. The molecule has 2 fully saturated rings. The number of aromatic nitrogens is 3. The molecule has 2 aromatic heterocycles. The number of nitrogens with two attached hydrogens (primary N) is 1. The van der Waals surface area contributed by atoms with Gasteiger partial charge in [0.15, 0.2) is 0 Å². The van der Waals surface area contributed by atoms with Gasteiger partial charge in [0.1, 0.15) is 41.1 Å². The number of nitriles is 1. The van der Waals surface area contributed by atoms with Crippen molar-refractivity contribution in [3.8, 4) is 28.7 Å². The Bertz CT molecular complexity index is 1640. The molecule has 6 rings (SSSR count). The number of likely N-dealkylation sites (tertiary alicyclic amines) is 1. The fourth-order valence-corrected chi connectivity index (χ4v) is 5.81. The van der Waals surface area contributed by atoms with E-state index in [-0.39, 0.29) is 11.9 Å². The van der Waals surface area contributed by atoms with Crippen LogP contribution in [-0.4, -0.2) is 76.2 Å². The molecule has 2 atom stereocenters. The first-order valence-corrected chi connectivity index (χ1v) is 14.1. The molecule has 0 saturated carbocycles. The second-order valence-corrected chi connectivity index (χ2v) is 10.7. The number of rotatable bonds is 8. The summed E-state index contributed by atoms with van der Waals surface area (Å²) >= 11 is 0. The van der Waals surface area contributed by atoms with Gasteiger partial charge in [-0.05, 0) is 49.7 Å². The first-order chi connectivity index (χ1) is 20.5. The number of carbonyl (C=O) groups is 1. The molecule has 42 heavy (non-hydrogen) atoms. The number of benzene rings is 2. The van der Waals surface area contributed by atoms with Crippen molar-refractivity contribution in [2.24, 2.45) is 0 Å². The van der Waals surface area contributed by atoms with E-state index in [2.05, 4.69) is 28.0 Å². The van der Waals surface area contributed by atoms with Crippen molar-refractivity contribution in [3.05, 3.63) is 78.8 Å². The maximum Gasteiger partial charge on any atom is 0.246 e. The summed E-state index contributed by atoms with van der Waals surface area (Å²) in [6.07, 6.45) is 6.70. The highest BCUT2D eigenvalue weighted by atomic mass is 16.5. The molecule has 4 heterocycles. The van der Waals surface area contributed by atoms with Crippen LogP contribution in [0.5, 0.6) is 11.5 Å². The lowest BCUT2D eigenvalue weighted by atomic mass is 10.0. The number of likely N-dealkylation sites (N-methyl/N-ethyl adjacent to an activating group) is 1. The van der Waals surface area contributed by atoms with Crippen molar-refractivity contribution in [2.45, 2.75) is 24.9 Å². The van der Waals surface area contributed by atoms with Gasteiger partial charge in [0, 0.05) is 43.9 Å². The molecule has 2 aromatic carbocycles. The molecule has 2 aliphatic rings. The SMILES string of the molecule is CN(CC=CC(=O)N1CC[C@@H](n2c(C#N)c(-c3ccc(Oc4ccccc4)cc3)c3c(N)ncnc32)C1)[C@H]1CCOC1. The van der Waals surface area contributed by atoms with E-state index in [9.17, 15) is 10.1 Å². The zero-order chi connectivity index (χ0) is 29.1. The second kappa shape index (κ2) is 12.0. The topological polar surface area (TPSA) is 123 Å². The smallest absolute Gasteiger partial charge is 0.246 e. The minimum Gasteiger partial charge on any atom is -0.457 e. The lowest BCUT2D eigenvalue weighted by Gasteiger charge is -2.21. The van der Waals surface area contributed by atoms with Gasteiger partial charge in [0.25, 0.3) is 0 Å². The van der Waals surface area contributed by atoms with Gasteiger partial charge in [-0.2, -0.15) is 5.26 Å². The summed E-state index contributed by atoms with van der Waals surface area (Å²) in [5.74, 6) is 1.69. The van der Waals surface area contributed by atoms with Crippen LogP contribution in [0.3, 0.4) is 0 Å². The largest absolute Gasteiger partial charge is 0.457 e. The number of hydrogen-bond acceptors (Lipinski definition) is 8. The molecule has 214 valence electrons. The van der Waals surface area contributed by atoms with Crippen molar-refractivity contribution >= 4 is 22.8 Å². The summed E-state index contributed by atoms with van der Waals surface area (Å²) in [4.78, 5) is 25.9. The van der Waals surface area contributed by atoms with Gasteiger partial charge >= 0.3 is 0 Å². The highest BCUT2D eigenvalue weighted by molar-refractivity contribution is 6.03. The van der Waals surface area contributed by atoms with E-state index in [0.717, 1.165) is 30.9 Å². The molecule has 0 unspecified atom stereocenters. The fourth-order valence-electron chi connectivity index (χ4n) is 5.81. The molecule has 1 amide bonds. The van der Waals surface area contributed by atoms with Crippen molar-refractivity contribution in [1.82, 2.24) is 24.3 Å². The summed E-state index contributed by atoms with van der Waals surface area (Å²) in [6, 6.07) is 19.8. The number of amides is 1. The third-order valence-electron chi connectivity index (χ3n) is 8.06. The van der Waals surface area contributed by atoms with Crippen LogP contribution in [0.25, 0.3) is 22.2 Å². The van der Waals surface area contributed by atoms with Crippen LogP contribution in [0.4, 0.5) is 5.82 Å². The number of para-hydroxylation sites is 1. The van der Waals surface area contributed by atoms with E-state index < -0.39 is 0 Å². The molecular formula is C32H33N7O3. The van der Waals surface area contributed by atoms with E-state index in [1.165, 1.54) is 6.33 Å². The van der Waals surface area contributed by atoms with Crippen molar-refractivity contribution in [2.75, 3.05) is 45.6 Å². The predicted octanol–water partition coefficient (Wildman–Crippen LogP) is 4.39. The van der Waals surface area contributed by atoms with Gasteiger partial charge in [-0.15, -0.1) is 0 Å². The number of ether oxygens (including phenoxy) is 2. The van der Waals surface area contributed by atoms with Gasteiger partial charge in [-0.25, -0.2) is 9.97 Å². The Hall–Kier alpha value is -4.72. The minimum absolute atomic E-state index is 0.0353. The fraction of sp³-hybridized carbons (Fsp3) is 0.312. The van der Waals surface area contributed by atoms with Crippen molar-refractivity contribution in [1.29, 1.82) is 5.26 Å². The molecule has 10 heteroatoms. The number of nitrogens with zero attached hydrogens (tertiary/aromatic N) is 6. The summed E-state index contributed by atoms with van der Waals surface area (Å²) in [7, 11) is 2.05. The number of anilines is 1.